The van der Waals surface area contributed by atoms with Crippen LogP contribution in [0.3, 0.4) is 0 Å². The minimum Gasteiger partial charge on any atom is -0.497 e. The van der Waals surface area contributed by atoms with Crippen LogP contribution in [0.15, 0.2) is 72.8 Å². The van der Waals surface area contributed by atoms with Crippen LogP contribution in [0.2, 0.25) is 0 Å². The number of nitrogens with zero attached hydrogens (tertiary/aromatic N) is 2. The van der Waals surface area contributed by atoms with Crippen molar-refractivity contribution in [1.29, 1.82) is 0 Å². The Bertz CT molecular complexity index is 1530. The van der Waals surface area contributed by atoms with Gasteiger partial charge in [-0.05, 0) is 48.2 Å². The number of sulfonamides is 1. The second-order valence-corrected chi connectivity index (χ2v) is 13.1. The lowest BCUT2D eigenvalue weighted by molar-refractivity contribution is -0.140. The third kappa shape index (κ3) is 8.43. The predicted molar refractivity (Wildman–Crippen MR) is 170 cm³/mol. The summed E-state index contributed by atoms with van der Waals surface area (Å²) in [6, 6.07) is 20.6. The summed E-state index contributed by atoms with van der Waals surface area (Å²) < 4.78 is 44.6. The molecule has 44 heavy (non-hydrogen) atoms. The largest absolute Gasteiger partial charge is 0.497 e. The van der Waals surface area contributed by atoms with E-state index >= 15 is 0 Å². The number of benzene rings is 3. The van der Waals surface area contributed by atoms with Crippen molar-refractivity contribution in [3.8, 4) is 17.2 Å². The van der Waals surface area contributed by atoms with E-state index in [0.29, 0.717) is 37.0 Å². The van der Waals surface area contributed by atoms with E-state index in [1.54, 1.807) is 37.4 Å². The normalized spacial score (nSPS) is 13.2. The molecule has 0 bridgehead atoms. The van der Waals surface area contributed by atoms with E-state index in [0.717, 1.165) is 15.4 Å². The Kier molecular flexibility index (Phi) is 11.1. The summed E-state index contributed by atoms with van der Waals surface area (Å²) >= 11 is 0. The summed E-state index contributed by atoms with van der Waals surface area (Å²) in [5.74, 6) is 0.630. The molecular weight excluding hydrogens is 582 g/mol. The van der Waals surface area contributed by atoms with Crippen molar-refractivity contribution in [3.05, 3.63) is 83.9 Å². The standard InChI is InChI=1S/C33H41N3O7S/c1-5-44(39,40)36(27-14-15-30-31(20-27)43-17-16-42-30)23-32(37)35(22-26-12-9-13-28(18-26)41-4)29(33(38)34-21-24(2)3)19-25-10-7-6-8-11-25/h6-15,18,20,24,29H,5,16-17,19,21-23H2,1-4H3,(H,34,38). The molecule has 2 amide bonds. The number of ether oxygens (including phenoxy) is 3. The molecule has 0 saturated carbocycles. The number of hydrogen-bond acceptors (Lipinski definition) is 7. The van der Waals surface area contributed by atoms with E-state index in [4.69, 9.17) is 14.2 Å². The SMILES string of the molecule is CCS(=O)(=O)N(CC(=O)N(Cc1cccc(OC)c1)C(Cc1ccccc1)C(=O)NCC(C)C)c1ccc2c(c1)OCCO2. The Morgan fingerprint density at radius 3 is 2.32 bits per heavy atom. The lowest BCUT2D eigenvalue weighted by atomic mass is 10.0. The quantitative estimate of drug-likeness (QED) is 0.288. The predicted octanol–water partition coefficient (Wildman–Crippen LogP) is 4.03. The molecule has 0 saturated heterocycles. The number of hydrogen-bond donors (Lipinski definition) is 1. The molecule has 10 nitrogen and oxygen atoms in total. The van der Waals surface area contributed by atoms with Gasteiger partial charge in [-0.3, -0.25) is 13.9 Å². The molecule has 0 aromatic heterocycles. The van der Waals surface area contributed by atoms with Crippen LogP contribution >= 0.6 is 0 Å². The lowest BCUT2D eigenvalue weighted by Crippen LogP contribution is -2.54. The third-order valence-electron chi connectivity index (χ3n) is 7.24. The van der Waals surface area contributed by atoms with E-state index in [1.807, 2.05) is 56.3 Å². The zero-order valence-electron chi connectivity index (χ0n) is 25.7. The Hall–Kier alpha value is -4.25. The van der Waals surface area contributed by atoms with Gasteiger partial charge in [0.2, 0.25) is 21.8 Å². The van der Waals surface area contributed by atoms with Crippen LogP contribution < -0.4 is 23.8 Å². The van der Waals surface area contributed by atoms with E-state index in [2.05, 4.69) is 5.32 Å². The van der Waals surface area contributed by atoms with Crippen molar-refractivity contribution in [3.63, 3.8) is 0 Å². The van der Waals surface area contributed by atoms with Crippen molar-refractivity contribution < 1.29 is 32.2 Å². The smallest absolute Gasteiger partial charge is 0.244 e. The number of anilines is 1. The highest BCUT2D eigenvalue weighted by molar-refractivity contribution is 7.92. The zero-order valence-corrected chi connectivity index (χ0v) is 26.5. The monoisotopic (exact) mass is 623 g/mol. The van der Waals surface area contributed by atoms with Gasteiger partial charge in [-0.15, -0.1) is 0 Å². The first-order valence-electron chi connectivity index (χ1n) is 14.7. The molecule has 3 aromatic rings. The fourth-order valence-corrected chi connectivity index (χ4v) is 5.90. The van der Waals surface area contributed by atoms with Crippen LogP contribution in [0.1, 0.15) is 31.9 Å². The van der Waals surface area contributed by atoms with Crippen LogP contribution in [0.5, 0.6) is 17.2 Å². The number of rotatable bonds is 14. The van der Waals surface area contributed by atoms with Crippen LogP contribution in [0.4, 0.5) is 5.69 Å². The molecule has 0 radical (unpaired) electrons. The molecule has 236 valence electrons. The molecule has 1 atom stereocenters. The van der Waals surface area contributed by atoms with E-state index in [9.17, 15) is 18.0 Å². The molecule has 0 fully saturated rings. The maximum absolute atomic E-state index is 14.4. The van der Waals surface area contributed by atoms with Gasteiger partial charge in [0.25, 0.3) is 0 Å². The number of fused-ring (bicyclic) bond motifs is 1. The van der Waals surface area contributed by atoms with Gasteiger partial charge in [-0.1, -0.05) is 56.3 Å². The minimum atomic E-state index is -3.91. The number of carbonyl (C=O) groups excluding carboxylic acids is 2. The maximum Gasteiger partial charge on any atom is 0.244 e. The minimum absolute atomic E-state index is 0.0593. The molecule has 4 rings (SSSR count). The Morgan fingerprint density at radius 2 is 1.64 bits per heavy atom. The molecule has 3 aromatic carbocycles. The molecule has 1 heterocycles. The van der Waals surface area contributed by atoms with Gasteiger partial charge < -0.3 is 24.4 Å². The lowest BCUT2D eigenvalue weighted by Gasteiger charge is -2.34. The van der Waals surface area contributed by atoms with Crippen LogP contribution in [-0.4, -0.2) is 70.3 Å². The highest BCUT2D eigenvalue weighted by atomic mass is 32.2. The highest BCUT2D eigenvalue weighted by Gasteiger charge is 2.34. The molecule has 1 aliphatic heterocycles. The Labute approximate surface area is 260 Å². The number of amides is 2. The fraction of sp³-hybridized carbons (Fsp3) is 0.394. The second-order valence-electron chi connectivity index (χ2n) is 11.0. The van der Waals surface area contributed by atoms with Crippen molar-refractivity contribution in [2.24, 2.45) is 5.92 Å². The van der Waals surface area contributed by atoms with Gasteiger partial charge in [-0.2, -0.15) is 0 Å². The fourth-order valence-electron chi connectivity index (χ4n) is 4.85. The molecule has 1 aliphatic rings. The van der Waals surface area contributed by atoms with Gasteiger partial charge in [0.05, 0.1) is 18.6 Å². The molecular formula is C33H41N3O7S. The summed E-state index contributed by atoms with van der Waals surface area (Å²) in [7, 11) is -2.35. The van der Waals surface area contributed by atoms with Crippen LogP contribution in [-0.2, 0) is 32.6 Å². The summed E-state index contributed by atoms with van der Waals surface area (Å²) in [5.41, 5.74) is 1.87. The zero-order chi connectivity index (χ0) is 31.7. The van der Waals surface area contributed by atoms with Gasteiger partial charge in [0.15, 0.2) is 11.5 Å². The van der Waals surface area contributed by atoms with Gasteiger partial charge in [0.1, 0.15) is 31.5 Å². The Balaban J connectivity index is 1.75. The first-order chi connectivity index (χ1) is 21.1. The maximum atomic E-state index is 14.4. The molecule has 11 heteroatoms. The molecule has 1 unspecified atom stereocenters. The van der Waals surface area contributed by atoms with E-state index in [-0.39, 0.29) is 36.2 Å². The van der Waals surface area contributed by atoms with E-state index in [1.165, 1.54) is 11.8 Å². The Morgan fingerprint density at radius 1 is 0.932 bits per heavy atom. The number of nitrogens with one attached hydrogen (secondary N) is 1. The van der Waals surface area contributed by atoms with Gasteiger partial charge in [-0.25, -0.2) is 8.42 Å². The first kappa shape index (κ1) is 32.7. The summed E-state index contributed by atoms with van der Waals surface area (Å²) in [5, 5.41) is 2.99. The molecule has 0 spiro atoms. The average molecular weight is 624 g/mol. The van der Waals surface area contributed by atoms with Crippen molar-refractivity contribution in [2.75, 3.05) is 43.5 Å². The van der Waals surface area contributed by atoms with Gasteiger partial charge >= 0.3 is 0 Å². The topological polar surface area (TPSA) is 114 Å². The van der Waals surface area contributed by atoms with Crippen LogP contribution in [0, 0.1) is 5.92 Å². The average Bonchev–Trinajstić information content (AvgIpc) is 3.04. The van der Waals surface area contributed by atoms with Crippen LogP contribution in [0.25, 0.3) is 0 Å². The van der Waals surface area contributed by atoms with Gasteiger partial charge in [0, 0.05) is 25.6 Å². The summed E-state index contributed by atoms with van der Waals surface area (Å²) in [6.45, 7) is 6.21. The van der Waals surface area contributed by atoms with Crippen molar-refractivity contribution >= 4 is 27.5 Å². The van der Waals surface area contributed by atoms with Crippen molar-refractivity contribution in [1.82, 2.24) is 10.2 Å². The number of methoxy groups -OCH3 is 1. The number of carbonyl (C=O) groups is 2. The highest BCUT2D eigenvalue weighted by Crippen LogP contribution is 2.35. The van der Waals surface area contributed by atoms with E-state index < -0.39 is 28.5 Å². The second kappa shape index (κ2) is 15.0. The third-order valence-corrected chi connectivity index (χ3v) is 8.98. The summed E-state index contributed by atoms with van der Waals surface area (Å²) in [6.07, 6.45) is 0.241. The van der Waals surface area contributed by atoms with Crippen molar-refractivity contribution in [2.45, 2.75) is 39.8 Å². The summed E-state index contributed by atoms with van der Waals surface area (Å²) in [4.78, 5) is 29.6. The first-order valence-corrected chi connectivity index (χ1v) is 16.4. The molecule has 0 aliphatic carbocycles. The molecule has 1 N–H and O–H groups in total.